The zero-order valence-corrected chi connectivity index (χ0v) is 28.6. The van der Waals surface area contributed by atoms with Gasteiger partial charge in [-0.3, -0.25) is 14.4 Å². The van der Waals surface area contributed by atoms with Gasteiger partial charge in [0.25, 0.3) is 5.91 Å². The first-order chi connectivity index (χ1) is 24.6. The van der Waals surface area contributed by atoms with Crippen molar-refractivity contribution in [2.45, 2.75) is 51.5 Å². The fourth-order valence-corrected chi connectivity index (χ4v) is 5.87. The van der Waals surface area contributed by atoms with Crippen LogP contribution >= 0.6 is 0 Å². The summed E-state index contributed by atoms with van der Waals surface area (Å²) in [5, 5.41) is 22.6. The van der Waals surface area contributed by atoms with Crippen molar-refractivity contribution in [3.63, 3.8) is 0 Å². The highest BCUT2D eigenvalue weighted by Crippen LogP contribution is 2.43. The number of anilines is 1. The second kappa shape index (κ2) is 17.0. The third-order valence-electron chi connectivity index (χ3n) is 8.23. The average molecular weight is 695 g/mol. The number of aliphatic hydroxyl groups is 2. The van der Waals surface area contributed by atoms with E-state index in [9.17, 15) is 23.8 Å². The maximum atomic E-state index is 15.1. The first kappa shape index (κ1) is 36.9. The average Bonchev–Trinajstić information content (AvgIpc) is 3.47. The van der Waals surface area contributed by atoms with Gasteiger partial charge >= 0.3 is 5.97 Å². The van der Waals surface area contributed by atoms with Gasteiger partial charge in [0.15, 0.2) is 0 Å². The lowest BCUT2D eigenvalue weighted by molar-refractivity contribution is -0.143. The Kier molecular flexibility index (Phi) is 12.3. The summed E-state index contributed by atoms with van der Waals surface area (Å²) in [6, 6.07) is 29.5. The Balaban J connectivity index is 1.74. The molecule has 0 aliphatic rings. The number of carbonyl (C=O) groups excluding carboxylic acids is 2. The molecule has 51 heavy (non-hydrogen) atoms. The molecule has 2 N–H and O–H groups in total. The number of aromatic nitrogens is 1. The molecule has 5 rings (SSSR count). The van der Waals surface area contributed by atoms with E-state index in [0.29, 0.717) is 33.6 Å². The molecule has 0 aliphatic heterocycles. The van der Waals surface area contributed by atoms with E-state index >= 15 is 4.79 Å². The molecule has 2 atom stereocenters. The molecule has 0 unspecified atom stereocenters. The fourth-order valence-electron chi connectivity index (χ4n) is 5.87. The minimum Gasteiger partial charge on any atom is -0.469 e. The van der Waals surface area contributed by atoms with E-state index in [1.165, 1.54) is 42.5 Å². The maximum Gasteiger partial charge on any atom is 0.308 e. The smallest absolute Gasteiger partial charge is 0.308 e. The van der Waals surface area contributed by atoms with E-state index in [1.807, 2.05) is 50.2 Å². The molecule has 8 nitrogen and oxygen atoms in total. The normalized spacial score (nSPS) is 12.6. The van der Waals surface area contributed by atoms with Gasteiger partial charge in [0.05, 0.1) is 31.4 Å². The van der Waals surface area contributed by atoms with Crippen LogP contribution in [-0.4, -0.2) is 46.0 Å². The Labute approximate surface area is 295 Å². The first-order valence-corrected chi connectivity index (χ1v) is 16.5. The standard InChI is InChI=1S/C41H40F2N2O6/c1-27(2)44-36(23-22-34(46)24-35(47)25-37(48)50-3)38(29-14-18-31(42)19-15-29)39(30-16-20-32(43)21-17-30)40(44)41(49)45(33-12-8-5-9-13-33)51-26-28-10-6-4-7-11-28/h4-23,27,34-35,46-47H,24-26H2,1-3H3/t34-,35-/m1/s1. The summed E-state index contributed by atoms with van der Waals surface area (Å²) >= 11 is 0. The van der Waals surface area contributed by atoms with Gasteiger partial charge in [0, 0.05) is 29.3 Å². The lowest BCUT2D eigenvalue weighted by atomic mass is 9.94. The molecule has 0 spiro atoms. The van der Waals surface area contributed by atoms with Crippen LogP contribution in [0.4, 0.5) is 14.5 Å². The van der Waals surface area contributed by atoms with Crippen molar-refractivity contribution in [3.8, 4) is 22.3 Å². The van der Waals surface area contributed by atoms with Crippen molar-refractivity contribution in [2.24, 2.45) is 0 Å². The molecular formula is C41H40F2N2O6. The molecule has 0 radical (unpaired) electrons. The quantitative estimate of drug-likeness (QED) is 0.0899. The molecule has 0 saturated carbocycles. The first-order valence-electron chi connectivity index (χ1n) is 16.5. The van der Waals surface area contributed by atoms with E-state index in [4.69, 9.17) is 4.84 Å². The van der Waals surface area contributed by atoms with Crippen molar-refractivity contribution < 1.29 is 38.2 Å². The van der Waals surface area contributed by atoms with E-state index in [0.717, 1.165) is 5.56 Å². The van der Waals surface area contributed by atoms with Crippen LogP contribution in [0.5, 0.6) is 0 Å². The van der Waals surface area contributed by atoms with Crippen LogP contribution in [0.1, 0.15) is 54.5 Å². The van der Waals surface area contributed by atoms with Gasteiger partial charge in [0.1, 0.15) is 23.9 Å². The van der Waals surface area contributed by atoms with E-state index in [1.54, 1.807) is 59.2 Å². The Morgan fingerprint density at radius 2 is 1.35 bits per heavy atom. The second-order valence-electron chi connectivity index (χ2n) is 12.3. The summed E-state index contributed by atoms with van der Waals surface area (Å²) in [5.74, 6) is -2.07. The molecular weight excluding hydrogens is 654 g/mol. The number of hydrogen-bond donors (Lipinski definition) is 2. The van der Waals surface area contributed by atoms with Crippen LogP contribution in [-0.2, 0) is 21.0 Å². The minimum absolute atomic E-state index is 0.0768. The number of methoxy groups -OCH3 is 1. The molecule has 0 saturated heterocycles. The number of halogens is 2. The number of benzene rings is 4. The molecule has 1 amide bonds. The number of hydroxylamine groups is 1. The Morgan fingerprint density at radius 1 is 0.804 bits per heavy atom. The van der Waals surface area contributed by atoms with Crippen molar-refractivity contribution >= 4 is 23.6 Å². The summed E-state index contributed by atoms with van der Waals surface area (Å²) in [7, 11) is 1.21. The molecule has 1 aromatic heterocycles. The Bertz CT molecular complexity index is 1940. The molecule has 10 heteroatoms. The van der Waals surface area contributed by atoms with Gasteiger partial charge in [0.2, 0.25) is 0 Å². The number of amides is 1. The largest absolute Gasteiger partial charge is 0.469 e. The van der Waals surface area contributed by atoms with Gasteiger partial charge in [-0.1, -0.05) is 78.9 Å². The molecule has 264 valence electrons. The highest BCUT2D eigenvalue weighted by atomic mass is 19.1. The summed E-state index contributed by atoms with van der Waals surface area (Å²) < 4.78 is 35.1. The third kappa shape index (κ3) is 9.04. The minimum atomic E-state index is -1.19. The topological polar surface area (TPSA) is 101 Å². The Hall–Kier alpha value is -5.42. The number of hydrogen-bond acceptors (Lipinski definition) is 6. The lowest BCUT2D eigenvalue weighted by Crippen LogP contribution is -2.33. The van der Waals surface area contributed by atoms with Gasteiger partial charge in [-0.2, -0.15) is 5.06 Å². The van der Waals surface area contributed by atoms with Crippen molar-refractivity contribution in [1.29, 1.82) is 0 Å². The second-order valence-corrected chi connectivity index (χ2v) is 12.3. The summed E-state index contributed by atoms with van der Waals surface area (Å²) in [6.07, 6.45) is 0.284. The molecule has 0 fully saturated rings. The zero-order chi connectivity index (χ0) is 36.5. The number of carbonyl (C=O) groups is 2. The molecule has 0 bridgehead atoms. The van der Waals surface area contributed by atoms with Crippen molar-refractivity contribution in [3.05, 3.63) is 144 Å². The number of para-hydroxylation sites is 1. The number of aliphatic hydroxyl groups excluding tert-OH is 2. The molecule has 4 aromatic carbocycles. The van der Waals surface area contributed by atoms with Gasteiger partial charge < -0.3 is 19.5 Å². The maximum absolute atomic E-state index is 15.1. The van der Waals surface area contributed by atoms with Crippen LogP contribution in [0.3, 0.4) is 0 Å². The zero-order valence-electron chi connectivity index (χ0n) is 28.6. The van der Waals surface area contributed by atoms with Crippen LogP contribution < -0.4 is 5.06 Å². The summed E-state index contributed by atoms with van der Waals surface area (Å²) in [5.41, 5.74) is 4.01. The number of rotatable bonds is 14. The van der Waals surface area contributed by atoms with E-state index < -0.39 is 35.7 Å². The highest BCUT2D eigenvalue weighted by molar-refractivity contribution is 6.12. The van der Waals surface area contributed by atoms with Gasteiger partial charge in [-0.05, 0) is 73.0 Å². The third-order valence-corrected chi connectivity index (χ3v) is 8.23. The van der Waals surface area contributed by atoms with Crippen LogP contribution in [0.2, 0.25) is 0 Å². The Morgan fingerprint density at radius 3 is 1.90 bits per heavy atom. The van der Waals surface area contributed by atoms with Crippen molar-refractivity contribution in [2.75, 3.05) is 12.2 Å². The monoisotopic (exact) mass is 694 g/mol. The summed E-state index contributed by atoms with van der Waals surface area (Å²) in [4.78, 5) is 33.1. The highest BCUT2D eigenvalue weighted by Gasteiger charge is 2.33. The van der Waals surface area contributed by atoms with Crippen LogP contribution in [0, 0.1) is 11.6 Å². The van der Waals surface area contributed by atoms with Gasteiger partial charge in [-0.15, -0.1) is 0 Å². The molecule has 1 heterocycles. The lowest BCUT2D eigenvalue weighted by Gasteiger charge is -2.25. The SMILES string of the molecule is COC(=O)C[C@H](O)C[C@H](O)C=Cc1c(-c2ccc(F)cc2)c(-c2ccc(F)cc2)c(C(=O)N(OCc2ccccc2)c2ccccc2)n1C(C)C. The van der Waals surface area contributed by atoms with E-state index in [2.05, 4.69) is 4.74 Å². The van der Waals surface area contributed by atoms with Crippen LogP contribution in [0.15, 0.2) is 115 Å². The predicted molar refractivity (Wildman–Crippen MR) is 192 cm³/mol. The predicted octanol–water partition coefficient (Wildman–Crippen LogP) is 8.15. The van der Waals surface area contributed by atoms with Gasteiger partial charge in [-0.25, -0.2) is 8.78 Å². The van der Waals surface area contributed by atoms with Crippen molar-refractivity contribution in [1.82, 2.24) is 4.57 Å². The molecule has 5 aromatic rings. The van der Waals surface area contributed by atoms with E-state index in [-0.39, 0.29) is 31.2 Å². The number of nitrogens with zero attached hydrogens (tertiary/aromatic N) is 2. The number of ether oxygens (including phenoxy) is 1. The molecule has 0 aliphatic carbocycles. The summed E-state index contributed by atoms with van der Waals surface area (Å²) in [6.45, 7) is 3.86. The fraction of sp³-hybridized carbons (Fsp3) is 0.220. The number of esters is 1. The van der Waals surface area contributed by atoms with Crippen LogP contribution in [0.25, 0.3) is 28.3 Å².